The van der Waals surface area contributed by atoms with Crippen molar-refractivity contribution in [1.29, 1.82) is 0 Å². The topological polar surface area (TPSA) is 42.0 Å². The molecule has 0 aliphatic rings. The van der Waals surface area contributed by atoms with Gasteiger partial charge in [0.05, 0.1) is 10.9 Å². The molecule has 2 aromatic heterocycles. The maximum Gasteiger partial charge on any atom is 0.261 e. The lowest BCUT2D eigenvalue weighted by molar-refractivity contribution is 0.0944. The summed E-state index contributed by atoms with van der Waals surface area (Å²) in [6.45, 7) is 4.05. The molecule has 0 aliphatic carbocycles. The summed E-state index contributed by atoms with van der Waals surface area (Å²) in [6.07, 6.45) is 4.39. The highest BCUT2D eigenvalue weighted by Crippen LogP contribution is 2.28. The van der Waals surface area contributed by atoms with Crippen molar-refractivity contribution < 1.29 is 4.79 Å². The molecule has 0 aliphatic heterocycles. The van der Waals surface area contributed by atoms with E-state index in [1.807, 2.05) is 25.1 Å². The Morgan fingerprint density at radius 1 is 1.47 bits per heavy atom. The first-order valence-electron chi connectivity index (χ1n) is 6.10. The number of carbonyl (C=O) groups is 1. The van der Waals surface area contributed by atoms with Crippen LogP contribution < -0.4 is 5.32 Å². The highest BCUT2D eigenvalue weighted by molar-refractivity contribution is 9.10. The predicted molar refractivity (Wildman–Crippen MR) is 81.5 cm³/mol. The number of hydrogen-bond donors (Lipinski definition) is 1. The van der Waals surface area contributed by atoms with Crippen LogP contribution in [0.4, 0.5) is 0 Å². The van der Waals surface area contributed by atoms with E-state index in [-0.39, 0.29) is 11.9 Å². The largest absolute Gasteiger partial charge is 0.345 e. The fraction of sp³-hybridized carbons (Fsp3) is 0.286. The Labute approximate surface area is 125 Å². The minimum atomic E-state index is -0.0327. The van der Waals surface area contributed by atoms with Gasteiger partial charge in [-0.05, 0) is 53.0 Å². The number of hydrogen-bond acceptors (Lipinski definition) is 3. The van der Waals surface area contributed by atoms with Gasteiger partial charge in [0.1, 0.15) is 0 Å². The van der Waals surface area contributed by atoms with E-state index in [4.69, 9.17) is 0 Å². The maximum absolute atomic E-state index is 12.2. The molecule has 2 aromatic rings. The maximum atomic E-state index is 12.2. The Hall–Kier alpha value is -1.20. The van der Waals surface area contributed by atoms with Crippen LogP contribution in [0.1, 0.15) is 40.0 Å². The summed E-state index contributed by atoms with van der Waals surface area (Å²) in [5.41, 5.74) is 1.05. The summed E-state index contributed by atoms with van der Waals surface area (Å²) in [5, 5.41) is 3.00. The van der Waals surface area contributed by atoms with Gasteiger partial charge in [-0.15, -0.1) is 11.3 Å². The van der Waals surface area contributed by atoms with Gasteiger partial charge >= 0.3 is 0 Å². The van der Waals surface area contributed by atoms with Gasteiger partial charge in [-0.3, -0.25) is 9.78 Å². The molecule has 1 atom stereocenters. The highest BCUT2D eigenvalue weighted by Gasteiger charge is 2.15. The van der Waals surface area contributed by atoms with E-state index in [0.29, 0.717) is 0 Å². The lowest BCUT2D eigenvalue weighted by Gasteiger charge is -2.13. The van der Waals surface area contributed by atoms with E-state index < -0.39 is 0 Å². The standard InChI is InChI=1S/C14H15BrN2OS/c1-3-12-11(15)8-13(19-12)14(18)17-9(2)10-4-6-16-7-5-10/h4-9H,3H2,1-2H3,(H,17,18). The van der Waals surface area contributed by atoms with Crippen LogP contribution in [0.5, 0.6) is 0 Å². The van der Waals surface area contributed by atoms with Gasteiger partial charge in [0.15, 0.2) is 0 Å². The number of amides is 1. The van der Waals surface area contributed by atoms with Gasteiger partial charge < -0.3 is 5.32 Å². The number of carbonyl (C=O) groups excluding carboxylic acids is 1. The number of aryl methyl sites for hydroxylation is 1. The van der Waals surface area contributed by atoms with Crippen molar-refractivity contribution in [2.75, 3.05) is 0 Å². The average molecular weight is 339 g/mol. The van der Waals surface area contributed by atoms with Crippen molar-refractivity contribution in [2.45, 2.75) is 26.3 Å². The summed E-state index contributed by atoms with van der Waals surface area (Å²) in [4.78, 5) is 18.1. The first-order chi connectivity index (χ1) is 9.11. The second kappa shape index (κ2) is 6.30. The summed E-state index contributed by atoms with van der Waals surface area (Å²) in [6, 6.07) is 5.68. The molecule has 1 N–H and O–H groups in total. The third-order valence-corrected chi connectivity index (χ3v) is 5.10. The zero-order valence-electron chi connectivity index (χ0n) is 10.8. The van der Waals surface area contributed by atoms with Crippen LogP contribution in [0.25, 0.3) is 0 Å². The Balaban J connectivity index is 2.08. The van der Waals surface area contributed by atoms with Crippen molar-refractivity contribution >= 4 is 33.2 Å². The van der Waals surface area contributed by atoms with Crippen LogP contribution in [0, 0.1) is 0 Å². The minimum Gasteiger partial charge on any atom is -0.345 e. The molecule has 0 radical (unpaired) electrons. The second-order valence-corrected chi connectivity index (χ2v) is 6.20. The van der Waals surface area contributed by atoms with Crippen molar-refractivity contribution in [3.8, 4) is 0 Å². The number of thiophene rings is 1. The van der Waals surface area contributed by atoms with Crippen LogP contribution in [-0.4, -0.2) is 10.9 Å². The second-order valence-electron chi connectivity index (χ2n) is 4.21. The Kier molecular flexibility index (Phi) is 4.71. The molecule has 0 spiro atoms. The fourth-order valence-corrected chi connectivity index (χ4v) is 3.56. The Morgan fingerprint density at radius 3 is 2.74 bits per heavy atom. The van der Waals surface area contributed by atoms with Gasteiger partial charge in [-0.25, -0.2) is 0 Å². The highest BCUT2D eigenvalue weighted by atomic mass is 79.9. The van der Waals surface area contributed by atoms with Crippen molar-refractivity contribution in [1.82, 2.24) is 10.3 Å². The molecular formula is C14H15BrN2OS. The normalized spacial score (nSPS) is 12.2. The Morgan fingerprint density at radius 2 is 2.16 bits per heavy atom. The zero-order chi connectivity index (χ0) is 13.8. The van der Waals surface area contributed by atoms with Crippen LogP contribution in [0.2, 0.25) is 0 Å². The lowest BCUT2D eigenvalue weighted by atomic mass is 10.1. The summed E-state index contributed by atoms with van der Waals surface area (Å²) < 4.78 is 1.02. The fourth-order valence-electron chi connectivity index (χ4n) is 1.76. The zero-order valence-corrected chi connectivity index (χ0v) is 13.2. The van der Waals surface area contributed by atoms with Crippen LogP contribution in [0.3, 0.4) is 0 Å². The molecule has 0 saturated heterocycles. The first kappa shape index (κ1) is 14.2. The Bertz CT molecular complexity index is 568. The molecular weight excluding hydrogens is 324 g/mol. The third-order valence-electron chi connectivity index (χ3n) is 2.86. The molecule has 100 valence electrons. The van der Waals surface area contributed by atoms with Gasteiger partial charge in [0, 0.05) is 21.7 Å². The molecule has 1 amide bonds. The molecule has 0 saturated carbocycles. The first-order valence-corrected chi connectivity index (χ1v) is 7.71. The van der Waals surface area contributed by atoms with E-state index in [0.717, 1.165) is 21.3 Å². The molecule has 2 heterocycles. The summed E-state index contributed by atoms with van der Waals surface area (Å²) >= 11 is 5.01. The molecule has 19 heavy (non-hydrogen) atoms. The summed E-state index contributed by atoms with van der Waals surface area (Å²) in [5.74, 6) is -0.0327. The van der Waals surface area contributed by atoms with E-state index in [1.165, 1.54) is 16.2 Å². The van der Waals surface area contributed by atoms with Crippen LogP contribution in [-0.2, 0) is 6.42 Å². The van der Waals surface area contributed by atoms with Crippen molar-refractivity contribution in [2.24, 2.45) is 0 Å². The van der Waals surface area contributed by atoms with Gasteiger partial charge in [-0.1, -0.05) is 6.92 Å². The number of aromatic nitrogens is 1. The van der Waals surface area contributed by atoms with Crippen LogP contribution >= 0.6 is 27.3 Å². The molecule has 5 heteroatoms. The lowest BCUT2D eigenvalue weighted by Crippen LogP contribution is -2.25. The number of rotatable bonds is 4. The third kappa shape index (κ3) is 3.42. The summed E-state index contributed by atoms with van der Waals surface area (Å²) in [7, 11) is 0. The average Bonchev–Trinajstić information content (AvgIpc) is 2.81. The SMILES string of the molecule is CCc1sc(C(=O)NC(C)c2ccncc2)cc1Br. The van der Waals surface area contributed by atoms with Gasteiger partial charge in [-0.2, -0.15) is 0 Å². The monoisotopic (exact) mass is 338 g/mol. The molecule has 0 aromatic carbocycles. The molecule has 3 nitrogen and oxygen atoms in total. The molecule has 2 rings (SSSR count). The van der Waals surface area contributed by atoms with E-state index in [1.54, 1.807) is 12.4 Å². The quantitative estimate of drug-likeness (QED) is 0.916. The number of nitrogens with one attached hydrogen (secondary N) is 1. The minimum absolute atomic E-state index is 0.0264. The van der Waals surface area contributed by atoms with Gasteiger partial charge in [0.2, 0.25) is 0 Å². The van der Waals surface area contributed by atoms with Crippen molar-refractivity contribution in [3.63, 3.8) is 0 Å². The van der Waals surface area contributed by atoms with Crippen molar-refractivity contribution in [3.05, 3.63) is 50.4 Å². The molecule has 1 unspecified atom stereocenters. The van der Waals surface area contributed by atoms with Gasteiger partial charge in [0.25, 0.3) is 5.91 Å². The number of halogens is 1. The smallest absolute Gasteiger partial charge is 0.261 e. The predicted octanol–water partition coefficient (Wildman–Crippen LogP) is 3.96. The van der Waals surface area contributed by atoms with Crippen LogP contribution in [0.15, 0.2) is 35.1 Å². The molecule has 0 bridgehead atoms. The van der Waals surface area contributed by atoms with E-state index in [2.05, 4.69) is 33.2 Å². The number of pyridine rings is 1. The molecule has 0 fully saturated rings. The number of nitrogens with zero attached hydrogens (tertiary/aromatic N) is 1. The van der Waals surface area contributed by atoms with E-state index >= 15 is 0 Å². The van der Waals surface area contributed by atoms with E-state index in [9.17, 15) is 4.79 Å².